The van der Waals surface area contributed by atoms with Crippen LogP contribution in [0.25, 0.3) is 0 Å². The number of benzene rings is 1. The summed E-state index contributed by atoms with van der Waals surface area (Å²) in [6.07, 6.45) is 1.71. The molecule has 1 aliphatic heterocycles. The number of piperidine rings is 1. The third kappa shape index (κ3) is 5.07. The Hall–Kier alpha value is -1.86. The van der Waals surface area contributed by atoms with E-state index in [4.69, 9.17) is 4.74 Å². The summed E-state index contributed by atoms with van der Waals surface area (Å²) in [5, 5.41) is 17.3. The van der Waals surface area contributed by atoms with Gasteiger partial charge >= 0.3 is 5.69 Å². The number of ether oxygens (including phenoxy) is 1. The van der Waals surface area contributed by atoms with Crippen LogP contribution in [0.3, 0.4) is 0 Å². The van der Waals surface area contributed by atoms with E-state index < -0.39 is 4.92 Å². The zero-order valence-electron chi connectivity index (χ0n) is 13.2. The van der Waals surface area contributed by atoms with Gasteiger partial charge in [-0.1, -0.05) is 0 Å². The van der Waals surface area contributed by atoms with Crippen LogP contribution in [0.2, 0.25) is 0 Å². The normalized spacial score (nSPS) is 20.3. The average molecular weight is 344 g/mol. The van der Waals surface area contributed by atoms with E-state index in [0.29, 0.717) is 12.6 Å². The minimum Gasteiger partial charge on any atom is -0.487 e. The highest BCUT2D eigenvalue weighted by atomic mass is 35.5. The van der Waals surface area contributed by atoms with Crippen LogP contribution in [0, 0.1) is 10.1 Å². The molecule has 2 atom stereocenters. The van der Waals surface area contributed by atoms with Crippen molar-refractivity contribution in [2.24, 2.45) is 0 Å². The van der Waals surface area contributed by atoms with E-state index in [-0.39, 0.29) is 41.4 Å². The first-order valence-corrected chi connectivity index (χ1v) is 7.46. The third-order valence-corrected chi connectivity index (χ3v) is 3.68. The van der Waals surface area contributed by atoms with Gasteiger partial charge in [0.05, 0.1) is 11.5 Å². The molecule has 0 radical (unpaired) electrons. The maximum Gasteiger partial charge on any atom is 0.311 e. The van der Waals surface area contributed by atoms with Crippen molar-refractivity contribution in [3.8, 4) is 5.75 Å². The lowest BCUT2D eigenvalue weighted by Crippen LogP contribution is -2.46. The Labute approximate surface area is 141 Å². The first-order chi connectivity index (χ1) is 10.5. The molecular weight excluding hydrogens is 322 g/mol. The molecule has 7 nitrogen and oxygen atoms in total. The second-order valence-electron chi connectivity index (χ2n) is 5.42. The molecule has 2 rings (SSSR count). The van der Waals surface area contributed by atoms with E-state index in [1.54, 1.807) is 13.0 Å². The molecule has 0 saturated carbocycles. The highest BCUT2D eigenvalue weighted by molar-refractivity contribution is 5.95. The van der Waals surface area contributed by atoms with Crippen LogP contribution < -0.4 is 15.4 Å². The van der Waals surface area contributed by atoms with Gasteiger partial charge in [0.15, 0.2) is 5.75 Å². The number of nitrogens with one attached hydrogen (secondary N) is 2. The number of halogens is 1. The van der Waals surface area contributed by atoms with Gasteiger partial charge in [0, 0.05) is 23.7 Å². The fraction of sp³-hybridized carbons (Fsp3) is 0.533. The fourth-order valence-corrected chi connectivity index (χ4v) is 2.61. The quantitative estimate of drug-likeness (QED) is 0.632. The Morgan fingerprint density at radius 2 is 2.26 bits per heavy atom. The van der Waals surface area contributed by atoms with E-state index in [1.165, 1.54) is 12.1 Å². The van der Waals surface area contributed by atoms with Gasteiger partial charge in [0.1, 0.15) is 0 Å². The summed E-state index contributed by atoms with van der Waals surface area (Å²) in [6.45, 7) is 5.01. The van der Waals surface area contributed by atoms with E-state index in [2.05, 4.69) is 17.6 Å². The minimum absolute atomic E-state index is 0. The van der Waals surface area contributed by atoms with E-state index >= 15 is 0 Å². The molecular formula is C15H22ClN3O4. The van der Waals surface area contributed by atoms with Gasteiger partial charge < -0.3 is 15.4 Å². The van der Waals surface area contributed by atoms with Gasteiger partial charge in [0.2, 0.25) is 0 Å². The number of nitrogens with zero attached hydrogens (tertiary/aromatic N) is 1. The molecule has 128 valence electrons. The predicted octanol–water partition coefficient (Wildman–Crippen LogP) is 2.29. The molecule has 2 N–H and O–H groups in total. The Kier molecular flexibility index (Phi) is 7.25. The highest BCUT2D eigenvalue weighted by Gasteiger charge is 2.23. The van der Waals surface area contributed by atoms with Crippen molar-refractivity contribution in [1.29, 1.82) is 0 Å². The van der Waals surface area contributed by atoms with Crippen molar-refractivity contribution >= 4 is 24.0 Å². The molecule has 1 aliphatic rings. The van der Waals surface area contributed by atoms with Crippen molar-refractivity contribution < 1.29 is 14.5 Å². The molecule has 2 unspecified atom stereocenters. The van der Waals surface area contributed by atoms with Gasteiger partial charge in [0.25, 0.3) is 5.91 Å². The summed E-state index contributed by atoms with van der Waals surface area (Å²) >= 11 is 0. The summed E-state index contributed by atoms with van der Waals surface area (Å²) in [6, 6.07) is 4.74. The highest BCUT2D eigenvalue weighted by Crippen LogP contribution is 2.28. The number of nitro benzene ring substituents is 1. The van der Waals surface area contributed by atoms with Crippen molar-refractivity contribution in [3.63, 3.8) is 0 Å². The Bertz CT molecular complexity index is 568. The monoisotopic (exact) mass is 343 g/mol. The van der Waals surface area contributed by atoms with Crippen molar-refractivity contribution in [3.05, 3.63) is 33.9 Å². The van der Waals surface area contributed by atoms with Crippen LogP contribution in [0.4, 0.5) is 5.69 Å². The van der Waals surface area contributed by atoms with Gasteiger partial charge in [-0.15, -0.1) is 12.4 Å². The van der Waals surface area contributed by atoms with Crippen LogP contribution >= 0.6 is 12.4 Å². The Morgan fingerprint density at radius 3 is 2.87 bits per heavy atom. The van der Waals surface area contributed by atoms with Gasteiger partial charge in [-0.05, 0) is 45.4 Å². The molecule has 0 aromatic heterocycles. The Morgan fingerprint density at radius 1 is 1.52 bits per heavy atom. The first kappa shape index (κ1) is 19.2. The van der Waals surface area contributed by atoms with Crippen molar-refractivity contribution in [2.45, 2.75) is 38.8 Å². The van der Waals surface area contributed by atoms with Crippen LogP contribution in [0.5, 0.6) is 5.75 Å². The molecule has 0 spiro atoms. The number of rotatable bonds is 5. The standard InChI is InChI=1S/C15H21N3O4.ClH/c1-3-22-14-5-4-11(9-13(14)18(20)21)15(19)17-12-6-7-16-10(2)8-12;/h4-5,9-10,12,16H,3,6-8H2,1-2H3,(H,17,19);1H. The maximum atomic E-state index is 12.3. The van der Waals surface area contributed by atoms with Crippen LogP contribution in [0.15, 0.2) is 18.2 Å². The lowest BCUT2D eigenvalue weighted by molar-refractivity contribution is -0.385. The van der Waals surface area contributed by atoms with Crippen LogP contribution in [0.1, 0.15) is 37.0 Å². The second kappa shape index (κ2) is 8.69. The second-order valence-corrected chi connectivity index (χ2v) is 5.42. The molecule has 8 heteroatoms. The summed E-state index contributed by atoms with van der Waals surface area (Å²) in [5.74, 6) is -0.107. The number of hydrogen-bond acceptors (Lipinski definition) is 5. The summed E-state index contributed by atoms with van der Waals surface area (Å²) < 4.78 is 5.22. The minimum atomic E-state index is -0.533. The lowest BCUT2D eigenvalue weighted by atomic mass is 10.00. The maximum absolute atomic E-state index is 12.3. The summed E-state index contributed by atoms with van der Waals surface area (Å²) in [7, 11) is 0. The number of nitro groups is 1. The van der Waals surface area contributed by atoms with E-state index in [9.17, 15) is 14.9 Å². The van der Waals surface area contributed by atoms with Gasteiger partial charge in [-0.2, -0.15) is 0 Å². The molecule has 23 heavy (non-hydrogen) atoms. The zero-order valence-corrected chi connectivity index (χ0v) is 14.0. The molecule has 1 amide bonds. The number of carbonyl (C=O) groups is 1. The van der Waals surface area contributed by atoms with Crippen molar-refractivity contribution in [1.82, 2.24) is 10.6 Å². The molecule has 1 saturated heterocycles. The smallest absolute Gasteiger partial charge is 0.311 e. The molecule has 0 bridgehead atoms. The van der Waals surface area contributed by atoms with Gasteiger partial charge in [-0.25, -0.2) is 0 Å². The summed E-state index contributed by atoms with van der Waals surface area (Å²) in [5.41, 5.74) is 0.0921. The average Bonchev–Trinajstić information content (AvgIpc) is 2.47. The fourth-order valence-electron chi connectivity index (χ4n) is 2.61. The SMILES string of the molecule is CCOc1ccc(C(=O)NC2CCNC(C)C2)cc1[N+](=O)[O-].Cl. The topological polar surface area (TPSA) is 93.5 Å². The lowest BCUT2D eigenvalue weighted by Gasteiger charge is -2.28. The molecule has 1 fully saturated rings. The molecule has 1 aromatic rings. The zero-order chi connectivity index (χ0) is 16.1. The van der Waals surface area contributed by atoms with E-state index in [0.717, 1.165) is 19.4 Å². The van der Waals surface area contributed by atoms with Gasteiger partial charge in [-0.3, -0.25) is 14.9 Å². The number of amides is 1. The molecule has 0 aliphatic carbocycles. The first-order valence-electron chi connectivity index (χ1n) is 7.46. The number of carbonyl (C=O) groups excluding carboxylic acids is 1. The summed E-state index contributed by atoms with van der Waals surface area (Å²) in [4.78, 5) is 22.8. The number of hydrogen-bond donors (Lipinski definition) is 2. The molecule has 1 aromatic carbocycles. The van der Waals surface area contributed by atoms with Crippen LogP contribution in [-0.4, -0.2) is 36.1 Å². The largest absolute Gasteiger partial charge is 0.487 e. The van der Waals surface area contributed by atoms with E-state index in [1.807, 2.05) is 0 Å². The third-order valence-electron chi connectivity index (χ3n) is 3.68. The van der Waals surface area contributed by atoms with Crippen LogP contribution in [-0.2, 0) is 0 Å². The van der Waals surface area contributed by atoms with Crippen molar-refractivity contribution in [2.75, 3.05) is 13.2 Å². The Balaban J connectivity index is 0.00000264. The molecule has 1 heterocycles. The predicted molar refractivity (Wildman–Crippen MR) is 89.5 cm³/mol.